The van der Waals surface area contributed by atoms with E-state index in [2.05, 4.69) is 13.0 Å². The number of carbonyl (C=O) groups excluding carboxylic acids is 1. The summed E-state index contributed by atoms with van der Waals surface area (Å²) in [6.07, 6.45) is 6.80. The first-order valence-corrected chi connectivity index (χ1v) is 17.0. The number of allylic oxidation sites excluding steroid dienone is 2. The predicted octanol–water partition coefficient (Wildman–Crippen LogP) is 6.69. The van der Waals surface area contributed by atoms with Crippen molar-refractivity contribution in [3.63, 3.8) is 0 Å². The van der Waals surface area contributed by atoms with E-state index in [-0.39, 0.29) is 46.4 Å². The highest BCUT2D eigenvalue weighted by atomic mass is 32.2. The van der Waals surface area contributed by atoms with Crippen LogP contribution in [0.1, 0.15) is 52.4 Å². The van der Waals surface area contributed by atoms with Crippen LogP contribution in [-0.4, -0.2) is 54.9 Å². The highest BCUT2D eigenvalue weighted by molar-refractivity contribution is 7.99. The van der Waals surface area contributed by atoms with Crippen LogP contribution in [-0.2, 0) is 11.8 Å². The molecule has 0 amide bonds. The van der Waals surface area contributed by atoms with Crippen LogP contribution in [0.3, 0.4) is 0 Å². The number of hydrogen-bond acceptors (Lipinski definition) is 7. The minimum atomic E-state index is -1.50. The third-order valence-electron chi connectivity index (χ3n) is 12.0. The molecule has 0 bridgehead atoms. The third-order valence-corrected chi connectivity index (χ3v) is 13.0. The number of thioether (sulfide) groups is 1. The van der Waals surface area contributed by atoms with Crippen LogP contribution in [0.5, 0.6) is 0 Å². The van der Waals surface area contributed by atoms with Crippen LogP contribution in [0.25, 0.3) is 11.0 Å². The molecule has 2 aromatic carbocycles. The van der Waals surface area contributed by atoms with Gasteiger partial charge < -0.3 is 20.2 Å². The summed E-state index contributed by atoms with van der Waals surface area (Å²) in [5.41, 5.74) is 2.03. The zero-order valence-corrected chi connectivity index (χ0v) is 26.9. The molecule has 3 fully saturated rings. The average molecular weight is 629 g/mol. The van der Waals surface area contributed by atoms with Gasteiger partial charge in [0.25, 0.3) is 0 Å². The largest absolute Gasteiger partial charge is 0.393 e. The number of benzene rings is 2. The molecular weight excluding hydrogens is 587 g/mol. The monoisotopic (exact) mass is 628 g/mol. The lowest BCUT2D eigenvalue weighted by Crippen LogP contribution is -2.62. The van der Waals surface area contributed by atoms with E-state index in [0.717, 1.165) is 41.2 Å². The summed E-state index contributed by atoms with van der Waals surface area (Å²) in [6.45, 7) is 4.26. The van der Waals surface area contributed by atoms with Gasteiger partial charge in [-0.25, -0.2) is 9.37 Å². The fourth-order valence-corrected chi connectivity index (χ4v) is 10.7. The van der Waals surface area contributed by atoms with Crippen LogP contribution in [0.4, 0.5) is 10.1 Å². The molecule has 4 aliphatic carbocycles. The molecule has 0 saturated heterocycles. The minimum absolute atomic E-state index is 0.0304. The maximum absolute atomic E-state index is 13.9. The standard InChI is InChI=1S/C36H41FN4O3S/c1-34-17-21(19-38)28(39-24-11-9-23(37)10-12-24)16-22(34)8-13-25-26-14-15-36(44,35(26,2)18-30(42)32(25)34)31(43)20-45-33-40-27-6-4-5-7-29(27)41(33)3/h4-7,9-12,16,19,21,25-26,30,32,38,42,44H,8,13-15,17-18,20H2,1-3H3. The smallest absolute Gasteiger partial charge is 0.175 e. The summed E-state index contributed by atoms with van der Waals surface area (Å²) in [6, 6.07) is 14.0. The molecule has 8 atom stereocenters. The number of nitrogens with one attached hydrogen (secondary N) is 1. The first kappa shape index (κ1) is 30.5. The molecule has 236 valence electrons. The molecular formula is C36H41FN4O3S. The van der Waals surface area contributed by atoms with Gasteiger partial charge in [-0.1, -0.05) is 43.3 Å². The van der Waals surface area contributed by atoms with E-state index < -0.39 is 17.1 Å². The van der Waals surface area contributed by atoms with Crippen molar-refractivity contribution in [2.75, 3.05) is 5.75 Å². The summed E-state index contributed by atoms with van der Waals surface area (Å²) in [4.78, 5) is 23.4. The molecule has 45 heavy (non-hydrogen) atoms. The molecule has 0 spiro atoms. The van der Waals surface area contributed by atoms with Gasteiger partial charge in [0.05, 0.1) is 28.6 Å². The first-order chi connectivity index (χ1) is 21.5. The van der Waals surface area contributed by atoms with Crippen molar-refractivity contribution in [1.29, 1.82) is 5.41 Å². The quantitative estimate of drug-likeness (QED) is 0.208. The Morgan fingerprint density at radius 1 is 1.18 bits per heavy atom. The van der Waals surface area contributed by atoms with Gasteiger partial charge in [-0.05, 0) is 104 Å². The van der Waals surface area contributed by atoms with Gasteiger partial charge in [0, 0.05) is 30.3 Å². The Kier molecular flexibility index (Phi) is 7.45. The van der Waals surface area contributed by atoms with E-state index >= 15 is 0 Å². The molecule has 1 heterocycles. The summed E-state index contributed by atoms with van der Waals surface area (Å²) >= 11 is 1.37. The Hall–Kier alpha value is -3.14. The number of Topliss-reactive ketones (excluding diaryl/α,β-unsaturated/α-hetero) is 1. The number of fused-ring (bicyclic) bond motifs is 6. The van der Waals surface area contributed by atoms with Gasteiger partial charge in [-0.15, -0.1) is 0 Å². The van der Waals surface area contributed by atoms with Crippen LogP contribution in [0, 0.1) is 45.7 Å². The number of para-hydroxylation sites is 2. The summed E-state index contributed by atoms with van der Waals surface area (Å²) in [5.74, 6) is -0.330. The number of imidazole rings is 1. The number of nitrogens with zero attached hydrogens (tertiary/aromatic N) is 3. The second-order valence-electron chi connectivity index (χ2n) is 14.2. The van der Waals surface area contributed by atoms with Gasteiger partial charge >= 0.3 is 0 Å². The van der Waals surface area contributed by atoms with Crippen LogP contribution >= 0.6 is 11.8 Å². The molecule has 4 aliphatic rings. The van der Waals surface area contributed by atoms with Gasteiger partial charge in [-0.2, -0.15) is 0 Å². The number of aryl methyl sites for hydroxylation is 1. The molecule has 7 rings (SSSR count). The first-order valence-electron chi connectivity index (χ1n) is 16.0. The SMILES string of the molecule is Cn1c(SCC(=O)C2(O)CCC3C4CCC5=CC(=Nc6ccc(F)cc6)C(C=N)CC5(C)C4C(O)CC32C)nc2ccccc21. The van der Waals surface area contributed by atoms with E-state index in [0.29, 0.717) is 24.9 Å². The molecule has 3 N–H and O–H groups in total. The Labute approximate surface area is 267 Å². The van der Waals surface area contributed by atoms with Gasteiger partial charge in [0.2, 0.25) is 0 Å². The molecule has 9 heteroatoms. The van der Waals surface area contributed by atoms with E-state index in [1.807, 2.05) is 42.8 Å². The van der Waals surface area contributed by atoms with Crippen molar-refractivity contribution in [3.8, 4) is 0 Å². The number of rotatable bonds is 6. The number of aromatic nitrogens is 2. The number of aliphatic imine (C=N–C) groups is 1. The van der Waals surface area contributed by atoms with E-state index in [4.69, 9.17) is 15.4 Å². The van der Waals surface area contributed by atoms with Gasteiger partial charge in [-0.3, -0.25) is 9.79 Å². The van der Waals surface area contributed by atoms with Crippen molar-refractivity contribution in [2.24, 2.45) is 46.5 Å². The predicted molar refractivity (Wildman–Crippen MR) is 176 cm³/mol. The molecule has 3 saturated carbocycles. The molecule has 0 radical (unpaired) electrons. The molecule has 8 unspecified atom stereocenters. The van der Waals surface area contributed by atoms with Crippen molar-refractivity contribution >= 4 is 46.2 Å². The summed E-state index contributed by atoms with van der Waals surface area (Å²) in [5, 5.41) is 33.2. The van der Waals surface area contributed by atoms with Crippen molar-refractivity contribution in [2.45, 2.75) is 69.2 Å². The number of hydrogen-bond donors (Lipinski definition) is 3. The Bertz CT molecular complexity index is 1740. The lowest BCUT2D eigenvalue weighted by atomic mass is 9.45. The maximum atomic E-state index is 13.9. The molecule has 1 aromatic heterocycles. The van der Waals surface area contributed by atoms with Crippen LogP contribution < -0.4 is 0 Å². The van der Waals surface area contributed by atoms with Gasteiger partial charge in [0.1, 0.15) is 11.4 Å². The lowest BCUT2D eigenvalue weighted by molar-refractivity contribution is -0.178. The van der Waals surface area contributed by atoms with E-state index in [9.17, 15) is 19.4 Å². The maximum Gasteiger partial charge on any atom is 0.175 e. The Balaban J connectivity index is 1.14. The lowest BCUT2D eigenvalue weighted by Gasteiger charge is -2.61. The van der Waals surface area contributed by atoms with Crippen LogP contribution in [0.15, 0.2) is 70.3 Å². The van der Waals surface area contributed by atoms with E-state index in [1.54, 1.807) is 12.1 Å². The minimum Gasteiger partial charge on any atom is -0.393 e. The highest BCUT2D eigenvalue weighted by Crippen LogP contribution is 2.68. The number of carbonyl (C=O) groups is 1. The van der Waals surface area contributed by atoms with Crippen molar-refractivity contribution in [3.05, 3.63) is 66.0 Å². The van der Waals surface area contributed by atoms with E-state index in [1.165, 1.54) is 35.7 Å². The average Bonchev–Trinajstić information content (AvgIpc) is 3.49. The molecule has 0 aliphatic heterocycles. The molecule has 3 aromatic rings. The second-order valence-corrected chi connectivity index (χ2v) is 15.1. The number of ketones is 1. The number of aliphatic hydroxyl groups excluding tert-OH is 1. The van der Waals surface area contributed by atoms with Crippen molar-refractivity contribution < 1.29 is 19.4 Å². The molecule has 7 nitrogen and oxygen atoms in total. The topological polar surface area (TPSA) is 112 Å². The fraction of sp³-hybridized carbons (Fsp3) is 0.500. The summed E-state index contributed by atoms with van der Waals surface area (Å²) < 4.78 is 15.5. The zero-order valence-electron chi connectivity index (χ0n) is 26.0. The number of halogens is 1. The number of aliphatic hydroxyl groups is 2. The second kappa shape index (κ2) is 11.0. The third kappa shape index (κ3) is 4.68. The highest BCUT2D eigenvalue weighted by Gasteiger charge is 2.68. The fourth-order valence-electron chi connectivity index (χ4n) is 9.71. The normalized spacial score (nSPS) is 36.7. The van der Waals surface area contributed by atoms with Crippen LogP contribution in [0.2, 0.25) is 0 Å². The van der Waals surface area contributed by atoms with Crippen molar-refractivity contribution in [1.82, 2.24) is 9.55 Å². The summed E-state index contributed by atoms with van der Waals surface area (Å²) in [7, 11) is 1.94. The zero-order chi connectivity index (χ0) is 31.7. The van der Waals surface area contributed by atoms with Gasteiger partial charge in [0.15, 0.2) is 10.9 Å². The Morgan fingerprint density at radius 3 is 2.67 bits per heavy atom. The Morgan fingerprint density at radius 2 is 1.93 bits per heavy atom.